The number of aromatic nitrogens is 5. The third kappa shape index (κ3) is 2.69. The molecule has 0 aliphatic carbocycles. The Morgan fingerprint density at radius 2 is 2.05 bits per heavy atom. The van der Waals surface area contributed by atoms with E-state index in [1.165, 1.54) is 18.4 Å². The van der Waals surface area contributed by atoms with Crippen LogP contribution in [0.4, 0.5) is 10.9 Å². The first-order chi connectivity index (χ1) is 9.85. The maximum atomic E-state index is 5.01. The van der Waals surface area contributed by atoms with Gasteiger partial charge >= 0.3 is 6.01 Å². The van der Waals surface area contributed by atoms with Crippen molar-refractivity contribution < 1.29 is 4.74 Å². The molecule has 0 saturated carbocycles. The Morgan fingerprint density at radius 3 is 2.85 bits per heavy atom. The van der Waals surface area contributed by atoms with Crippen molar-refractivity contribution in [1.29, 1.82) is 0 Å². The summed E-state index contributed by atoms with van der Waals surface area (Å²) < 4.78 is 5.01. The van der Waals surface area contributed by atoms with Crippen LogP contribution in [-0.4, -0.2) is 32.0 Å². The van der Waals surface area contributed by atoms with Gasteiger partial charge in [-0.2, -0.15) is 4.98 Å². The molecule has 0 atom stereocenters. The summed E-state index contributed by atoms with van der Waals surface area (Å²) in [5.74, 6) is 0.647. The topological polar surface area (TPSA) is 85.7 Å². The molecule has 0 aromatic carbocycles. The van der Waals surface area contributed by atoms with E-state index in [9.17, 15) is 0 Å². The number of nitrogens with one attached hydrogen (secondary N) is 1. The highest BCUT2D eigenvalue weighted by atomic mass is 32.1. The highest BCUT2D eigenvalue weighted by Gasteiger charge is 2.08. The Morgan fingerprint density at radius 1 is 1.10 bits per heavy atom. The summed E-state index contributed by atoms with van der Waals surface area (Å²) in [6.07, 6.45) is 8.26. The van der Waals surface area contributed by atoms with Gasteiger partial charge in [-0.15, -0.1) is 0 Å². The first-order valence-electron chi connectivity index (χ1n) is 5.71. The minimum atomic E-state index is 0.333. The molecule has 7 nitrogen and oxygen atoms in total. The van der Waals surface area contributed by atoms with Gasteiger partial charge < -0.3 is 10.1 Å². The summed E-state index contributed by atoms with van der Waals surface area (Å²) in [7, 11) is 1.53. The Labute approximate surface area is 118 Å². The molecular formula is C12H10N6OS. The average Bonchev–Trinajstić information content (AvgIpc) is 2.97. The smallest absolute Gasteiger partial charge is 0.316 e. The number of thiazole rings is 1. The number of ether oxygens (including phenoxy) is 1. The van der Waals surface area contributed by atoms with Gasteiger partial charge in [-0.05, 0) is 6.07 Å². The van der Waals surface area contributed by atoms with Crippen LogP contribution in [0.1, 0.15) is 0 Å². The molecule has 0 unspecified atom stereocenters. The van der Waals surface area contributed by atoms with Gasteiger partial charge in [0.2, 0.25) is 0 Å². The van der Waals surface area contributed by atoms with E-state index in [0.29, 0.717) is 11.8 Å². The van der Waals surface area contributed by atoms with Gasteiger partial charge in [-0.1, -0.05) is 11.3 Å². The number of nitrogens with zero attached hydrogens (tertiary/aromatic N) is 5. The minimum absolute atomic E-state index is 0.333. The van der Waals surface area contributed by atoms with Gasteiger partial charge in [0.1, 0.15) is 0 Å². The standard InChI is InChI=1S/C12H10N6OS/c1-19-11-15-3-2-8(17-11)9-6-16-12(20-9)18-10-7-13-4-5-14-10/h2-7H,1H3,(H,14,16,18). The number of methoxy groups -OCH3 is 1. The van der Waals surface area contributed by atoms with E-state index >= 15 is 0 Å². The van der Waals surface area contributed by atoms with E-state index in [1.807, 2.05) is 6.07 Å². The fourth-order valence-corrected chi connectivity index (χ4v) is 2.29. The van der Waals surface area contributed by atoms with Crippen molar-refractivity contribution >= 4 is 22.3 Å². The van der Waals surface area contributed by atoms with Crippen molar-refractivity contribution in [1.82, 2.24) is 24.9 Å². The van der Waals surface area contributed by atoms with E-state index in [0.717, 1.165) is 15.7 Å². The fraction of sp³-hybridized carbons (Fsp3) is 0.0833. The summed E-state index contributed by atoms with van der Waals surface area (Å²) in [6.45, 7) is 0. The Balaban J connectivity index is 1.83. The van der Waals surface area contributed by atoms with Crippen molar-refractivity contribution in [3.8, 4) is 16.6 Å². The van der Waals surface area contributed by atoms with E-state index in [-0.39, 0.29) is 0 Å². The van der Waals surface area contributed by atoms with Crippen LogP contribution in [0, 0.1) is 0 Å². The lowest BCUT2D eigenvalue weighted by Gasteiger charge is -2.00. The molecule has 100 valence electrons. The van der Waals surface area contributed by atoms with Gasteiger partial charge in [-0.25, -0.2) is 15.0 Å². The Hall–Kier alpha value is -2.61. The maximum Gasteiger partial charge on any atom is 0.316 e. The van der Waals surface area contributed by atoms with Crippen LogP contribution in [0.3, 0.4) is 0 Å². The molecule has 3 aromatic heterocycles. The molecular weight excluding hydrogens is 276 g/mol. The number of anilines is 2. The lowest BCUT2D eigenvalue weighted by Crippen LogP contribution is -1.92. The molecule has 0 aliphatic rings. The van der Waals surface area contributed by atoms with Gasteiger partial charge in [0.05, 0.1) is 23.9 Å². The molecule has 20 heavy (non-hydrogen) atoms. The molecule has 8 heteroatoms. The monoisotopic (exact) mass is 286 g/mol. The SMILES string of the molecule is COc1nccc(-c2cnc(Nc3cnccn3)s2)n1. The average molecular weight is 286 g/mol. The lowest BCUT2D eigenvalue weighted by molar-refractivity contribution is 0.380. The molecule has 0 fully saturated rings. The lowest BCUT2D eigenvalue weighted by atomic mass is 10.4. The summed E-state index contributed by atoms with van der Waals surface area (Å²) in [4.78, 5) is 21.5. The fourth-order valence-electron chi connectivity index (χ4n) is 1.50. The Bertz CT molecular complexity index is 702. The van der Waals surface area contributed by atoms with Crippen molar-refractivity contribution in [2.45, 2.75) is 0 Å². The second-order valence-corrected chi connectivity index (χ2v) is 4.70. The van der Waals surface area contributed by atoms with Crippen LogP contribution in [0.15, 0.2) is 37.1 Å². The van der Waals surface area contributed by atoms with Gasteiger partial charge in [-0.3, -0.25) is 4.98 Å². The van der Waals surface area contributed by atoms with Crippen molar-refractivity contribution in [3.63, 3.8) is 0 Å². The van der Waals surface area contributed by atoms with Crippen molar-refractivity contribution in [2.24, 2.45) is 0 Å². The second-order valence-electron chi connectivity index (χ2n) is 3.67. The number of hydrogen-bond donors (Lipinski definition) is 1. The Kier molecular flexibility index (Phi) is 3.46. The van der Waals surface area contributed by atoms with Gasteiger partial charge in [0.15, 0.2) is 10.9 Å². The van der Waals surface area contributed by atoms with E-state index < -0.39 is 0 Å². The zero-order valence-corrected chi connectivity index (χ0v) is 11.3. The highest BCUT2D eigenvalue weighted by molar-refractivity contribution is 7.18. The molecule has 3 aromatic rings. The quantitative estimate of drug-likeness (QED) is 0.786. The minimum Gasteiger partial charge on any atom is -0.467 e. The summed E-state index contributed by atoms with van der Waals surface area (Å²) >= 11 is 1.46. The molecule has 3 heterocycles. The normalized spacial score (nSPS) is 10.2. The maximum absolute atomic E-state index is 5.01. The molecule has 0 radical (unpaired) electrons. The predicted molar refractivity (Wildman–Crippen MR) is 75.0 cm³/mol. The molecule has 3 rings (SSSR count). The van der Waals surface area contributed by atoms with Crippen LogP contribution in [0.5, 0.6) is 6.01 Å². The third-order valence-electron chi connectivity index (χ3n) is 2.37. The number of hydrogen-bond acceptors (Lipinski definition) is 8. The van der Waals surface area contributed by atoms with Gasteiger partial charge in [0.25, 0.3) is 0 Å². The molecule has 0 amide bonds. The zero-order valence-electron chi connectivity index (χ0n) is 10.5. The van der Waals surface area contributed by atoms with E-state index in [2.05, 4.69) is 30.2 Å². The molecule has 0 spiro atoms. The summed E-state index contributed by atoms with van der Waals surface area (Å²) in [5.41, 5.74) is 0.765. The van der Waals surface area contributed by atoms with Crippen molar-refractivity contribution in [2.75, 3.05) is 12.4 Å². The van der Waals surface area contributed by atoms with Crippen LogP contribution >= 0.6 is 11.3 Å². The largest absolute Gasteiger partial charge is 0.467 e. The third-order valence-corrected chi connectivity index (χ3v) is 3.31. The predicted octanol–water partition coefficient (Wildman–Crippen LogP) is 2.14. The molecule has 1 N–H and O–H groups in total. The van der Waals surface area contributed by atoms with E-state index in [4.69, 9.17) is 4.74 Å². The first kappa shape index (κ1) is 12.4. The molecule has 0 aliphatic heterocycles. The summed E-state index contributed by atoms with van der Waals surface area (Å²) in [5, 5.41) is 3.80. The second kappa shape index (κ2) is 5.57. The van der Waals surface area contributed by atoms with Gasteiger partial charge in [0, 0.05) is 24.8 Å². The van der Waals surface area contributed by atoms with E-state index in [1.54, 1.807) is 31.0 Å². The highest BCUT2D eigenvalue weighted by Crippen LogP contribution is 2.29. The molecule has 0 saturated heterocycles. The van der Waals surface area contributed by atoms with Crippen LogP contribution in [0.25, 0.3) is 10.6 Å². The molecule has 0 bridgehead atoms. The zero-order chi connectivity index (χ0) is 13.8. The first-order valence-corrected chi connectivity index (χ1v) is 6.53. The number of rotatable bonds is 4. The summed E-state index contributed by atoms with van der Waals surface area (Å²) in [6, 6.07) is 2.14. The van der Waals surface area contributed by atoms with Crippen LogP contribution in [-0.2, 0) is 0 Å². The van der Waals surface area contributed by atoms with Crippen LogP contribution < -0.4 is 10.1 Å². The van der Waals surface area contributed by atoms with Crippen LogP contribution in [0.2, 0.25) is 0 Å². The van der Waals surface area contributed by atoms with Crippen molar-refractivity contribution in [3.05, 3.63) is 37.1 Å².